The average molecular weight is 380 g/mol. The van der Waals surface area contributed by atoms with Crippen LogP contribution >= 0.6 is 35.0 Å². The third kappa shape index (κ3) is 4.48. The van der Waals surface area contributed by atoms with Gasteiger partial charge in [-0.1, -0.05) is 59.2 Å². The Kier molecular flexibility index (Phi) is 6.09. The topological polar surface area (TPSA) is 55.6 Å². The number of benzene rings is 2. The van der Waals surface area contributed by atoms with Crippen molar-refractivity contribution in [3.8, 4) is 5.69 Å². The van der Waals surface area contributed by atoms with Crippen molar-refractivity contribution in [2.45, 2.75) is 11.7 Å². The first kappa shape index (κ1) is 17.2. The Bertz CT molecular complexity index is 794. The van der Waals surface area contributed by atoms with E-state index in [-0.39, 0.29) is 0 Å². The highest BCUT2D eigenvalue weighted by molar-refractivity contribution is 7.99. The van der Waals surface area contributed by atoms with Crippen LogP contribution in [-0.4, -0.2) is 32.5 Å². The first-order valence-electron chi connectivity index (χ1n) is 7.35. The number of hydrogen-bond acceptors (Lipinski definition) is 5. The molecule has 0 unspecified atom stereocenters. The van der Waals surface area contributed by atoms with E-state index < -0.39 is 0 Å². The van der Waals surface area contributed by atoms with Crippen molar-refractivity contribution in [1.82, 2.24) is 25.5 Å². The van der Waals surface area contributed by atoms with Crippen molar-refractivity contribution >= 4 is 35.0 Å². The normalized spacial score (nSPS) is 10.9. The van der Waals surface area contributed by atoms with E-state index in [0.29, 0.717) is 10.0 Å². The molecular formula is C16H15Cl2N5S. The lowest BCUT2D eigenvalue weighted by Gasteiger charge is -2.06. The van der Waals surface area contributed by atoms with E-state index in [1.165, 1.54) is 0 Å². The standard InChI is InChI=1S/C16H15Cl2N5S/c17-14-7-6-12(10-15(14)18)11-19-8-9-24-16-20-21-22-23(16)13-4-2-1-3-5-13/h1-7,10,19H,8-9,11H2. The maximum Gasteiger partial charge on any atom is 0.214 e. The SMILES string of the molecule is Clc1ccc(CNCCSc2nnnn2-c2ccccc2)cc1Cl. The summed E-state index contributed by atoms with van der Waals surface area (Å²) in [5, 5.41) is 17.2. The van der Waals surface area contributed by atoms with Crippen molar-refractivity contribution in [3.63, 3.8) is 0 Å². The minimum absolute atomic E-state index is 0.573. The first-order chi connectivity index (χ1) is 11.7. The Morgan fingerprint density at radius 2 is 1.88 bits per heavy atom. The number of nitrogens with zero attached hydrogens (tertiary/aromatic N) is 4. The molecule has 0 aliphatic rings. The van der Waals surface area contributed by atoms with E-state index in [4.69, 9.17) is 23.2 Å². The summed E-state index contributed by atoms with van der Waals surface area (Å²) < 4.78 is 1.74. The number of rotatable bonds is 7. The van der Waals surface area contributed by atoms with E-state index >= 15 is 0 Å². The quantitative estimate of drug-likeness (QED) is 0.499. The molecule has 3 rings (SSSR count). The molecule has 2 aromatic carbocycles. The Balaban J connectivity index is 1.47. The second-order valence-corrected chi connectivity index (χ2v) is 6.86. The molecule has 5 nitrogen and oxygen atoms in total. The van der Waals surface area contributed by atoms with Crippen molar-refractivity contribution in [2.24, 2.45) is 0 Å². The second kappa shape index (κ2) is 8.48. The zero-order valence-corrected chi connectivity index (χ0v) is 15.0. The van der Waals surface area contributed by atoms with E-state index in [9.17, 15) is 0 Å². The lowest BCUT2D eigenvalue weighted by molar-refractivity contribution is 0.728. The molecule has 0 aliphatic heterocycles. The Hall–Kier alpha value is -1.60. The van der Waals surface area contributed by atoms with Crippen LogP contribution in [0.2, 0.25) is 10.0 Å². The largest absolute Gasteiger partial charge is 0.312 e. The molecule has 0 atom stereocenters. The highest BCUT2D eigenvalue weighted by Gasteiger charge is 2.08. The van der Waals surface area contributed by atoms with Gasteiger partial charge in [-0.05, 0) is 40.3 Å². The van der Waals surface area contributed by atoms with Gasteiger partial charge in [0.15, 0.2) is 0 Å². The molecule has 0 saturated heterocycles. The van der Waals surface area contributed by atoms with Gasteiger partial charge in [-0.15, -0.1) is 5.10 Å². The fourth-order valence-electron chi connectivity index (χ4n) is 2.10. The Morgan fingerprint density at radius 1 is 1.04 bits per heavy atom. The van der Waals surface area contributed by atoms with Gasteiger partial charge < -0.3 is 5.32 Å². The molecule has 1 N–H and O–H groups in total. The molecule has 3 aromatic rings. The summed E-state index contributed by atoms with van der Waals surface area (Å²) in [5.74, 6) is 0.856. The van der Waals surface area contributed by atoms with E-state index in [0.717, 1.165) is 35.2 Å². The van der Waals surface area contributed by atoms with Crippen LogP contribution in [0.1, 0.15) is 5.56 Å². The molecule has 0 bridgehead atoms. The molecule has 0 amide bonds. The number of nitrogens with one attached hydrogen (secondary N) is 1. The molecule has 8 heteroatoms. The van der Waals surface area contributed by atoms with Gasteiger partial charge in [0.1, 0.15) is 0 Å². The van der Waals surface area contributed by atoms with Crippen LogP contribution in [-0.2, 0) is 6.54 Å². The zero-order chi connectivity index (χ0) is 16.8. The van der Waals surface area contributed by atoms with Crippen molar-refractivity contribution in [2.75, 3.05) is 12.3 Å². The summed E-state index contributed by atoms with van der Waals surface area (Å²) in [4.78, 5) is 0. The predicted octanol–water partition coefficient (Wildman–Crippen LogP) is 3.85. The zero-order valence-electron chi connectivity index (χ0n) is 12.7. The molecule has 0 aliphatic carbocycles. The third-order valence-electron chi connectivity index (χ3n) is 3.26. The van der Waals surface area contributed by atoms with Crippen LogP contribution in [0.25, 0.3) is 5.69 Å². The van der Waals surface area contributed by atoms with Gasteiger partial charge in [0.05, 0.1) is 15.7 Å². The monoisotopic (exact) mass is 379 g/mol. The van der Waals surface area contributed by atoms with Crippen LogP contribution in [0, 0.1) is 0 Å². The van der Waals surface area contributed by atoms with Crippen molar-refractivity contribution < 1.29 is 0 Å². The Morgan fingerprint density at radius 3 is 2.67 bits per heavy atom. The molecule has 0 saturated carbocycles. The van der Waals surface area contributed by atoms with Gasteiger partial charge in [0.25, 0.3) is 0 Å². The van der Waals surface area contributed by atoms with Gasteiger partial charge in [-0.25, -0.2) is 0 Å². The van der Waals surface area contributed by atoms with Crippen LogP contribution in [0.15, 0.2) is 53.7 Å². The highest BCUT2D eigenvalue weighted by atomic mass is 35.5. The number of para-hydroxylation sites is 1. The van der Waals surface area contributed by atoms with Gasteiger partial charge in [-0.2, -0.15) is 4.68 Å². The molecule has 1 aromatic heterocycles. The minimum atomic E-state index is 0.573. The fourth-order valence-corrected chi connectivity index (χ4v) is 3.21. The lowest BCUT2D eigenvalue weighted by Crippen LogP contribution is -2.16. The van der Waals surface area contributed by atoms with Gasteiger partial charge in [0.2, 0.25) is 5.16 Å². The van der Waals surface area contributed by atoms with Crippen LogP contribution in [0.4, 0.5) is 0 Å². The number of hydrogen-bond donors (Lipinski definition) is 1. The summed E-state index contributed by atoms with van der Waals surface area (Å²) in [6, 6.07) is 15.5. The van der Waals surface area contributed by atoms with Crippen LogP contribution in [0.3, 0.4) is 0 Å². The molecule has 24 heavy (non-hydrogen) atoms. The average Bonchev–Trinajstić information content (AvgIpc) is 3.07. The maximum absolute atomic E-state index is 6.01. The maximum atomic E-state index is 6.01. The summed E-state index contributed by atoms with van der Waals surface area (Å²) in [7, 11) is 0. The lowest BCUT2D eigenvalue weighted by atomic mass is 10.2. The summed E-state index contributed by atoms with van der Waals surface area (Å²) in [5.41, 5.74) is 2.05. The smallest absolute Gasteiger partial charge is 0.214 e. The highest BCUT2D eigenvalue weighted by Crippen LogP contribution is 2.22. The molecule has 0 spiro atoms. The summed E-state index contributed by atoms with van der Waals surface area (Å²) >= 11 is 13.5. The van der Waals surface area contributed by atoms with Gasteiger partial charge in [-0.3, -0.25) is 0 Å². The van der Waals surface area contributed by atoms with Crippen LogP contribution in [0.5, 0.6) is 0 Å². The molecule has 1 heterocycles. The number of thioether (sulfide) groups is 1. The Labute approximate surface area is 154 Å². The molecule has 124 valence electrons. The molecule has 0 fully saturated rings. The van der Waals surface area contributed by atoms with Crippen LogP contribution < -0.4 is 5.32 Å². The number of tetrazole rings is 1. The third-order valence-corrected chi connectivity index (χ3v) is 4.92. The van der Waals surface area contributed by atoms with Gasteiger partial charge in [0, 0.05) is 18.8 Å². The molecular weight excluding hydrogens is 365 g/mol. The van der Waals surface area contributed by atoms with Crippen molar-refractivity contribution in [1.29, 1.82) is 0 Å². The summed E-state index contributed by atoms with van der Waals surface area (Å²) in [6.45, 7) is 1.56. The number of aromatic nitrogens is 4. The minimum Gasteiger partial charge on any atom is -0.312 e. The van der Waals surface area contributed by atoms with E-state index in [2.05, 4.69) is 20.8 Å². The molecule has 0 radical (unpaired) electrons. The van der Waals surface area contributed by atoms with Crippen molar-refractivity contribution in [3.05, 3.63) is 64.1 Å². The second-order valence-electron chi connectivity index (χ2n) is 4.98. The first-order valence-corrected chi connectivity index (χ1v) is 9.09. The number of halogens is 2. The van der Waals surface area contributed by atoms with E-state index in [1.807, 2.05) is 48.5 Å². The van der Waals surface area contributed by atoms with E-state index in [1.54, 1.807) is 16.4 Å². The fraction of sp³-hybridized carbons (Fsp3) is 0.188. The summed E-state index contributed by atoms with van der Waals surface area (Å²) in [6.07, 6.45) is 0. The predicted molar refractivity (Wildman–Crippen MR) is 98.0 cm³/mol. The van der Waals surface area contributed by atoms with Gasteiger partial charge >= 0.3 is 0 Å².